The molecule has 1 unspecified atom stereocenters. The van der Waals surface area contributed by atoms with Gasteiger partial charge in [-0.25, -0.2) is 9.66 Å². The topological polar surface area (TPSA) is 56.1 Å². The second-order valence-electron chi connectivity index (χ2n) is 3.73. The Hall–Kier alpha value is -1.88. The summed E-state index contributed by atoms with van der Waals surface area (Å²) < 4.78 is 6.63. The lowest BCUT2D eigenvalue weighted by Gasteiger charge is -2.16. The number of hydrogen-bond acceptors (Lipinski definition) is 4. The van der Waals surface area contributed by atoms with E-state index in [0.717, 1.165) is 0 Å². The van der Waals surface area contributed by atoms with Crippen LogP contribution in [0.4, 0.5) is 0 Å². The van der Waals surface area contributed by atoms with Gasteiger partial charge >= 0.3 is 0 Å². The lowest BCUT2D eigenvalue weighted by Crippen LogP contribution is -2.32. The summed E-state index contributed by atoms with van der Waals surface area (Å²) in [5.41, 5.74) is 3.40. The first-order valence-electron chi connectivity index (χ1n) is 5.41. The monoisotopic (exact) mass is 233 g/mol. The minimum atomic E-state index is -0.250. The van der Waals surface area contributed by atoms with Gasteiger partial charge in [-0.05, 0) is 19.1 Å². The van der Waals surface area contributed by atoms with Crippen LogP contribution < -0.4 is 11.0 Å². The van der Waals surface area contributed by atoms with Crippen LogP contribution in [0.5, 0.6) is 0 Å². The highest BCUT2D eigenvalue weighted by molar-refractivity contribution is 5.77. The molecule has 1 aromatic heterocycles. The van der Waals surface area contributed by atoms with Gasteiger partial charge in [-0.3, -0.25) is 4.79 Å². The predicted molar refractivity (Wildman–Crippen MR) is 66.7 cm³/mol. The highest BCUT2D eigenvalue weighted by Gasteiger charge is 2.14. The van der Waals surface area contributed by atoms with E-state index in [1.54, 1.807) is 20.2 Å². The zero-order valence-corrected chi connectivity index (χ0v) is 10.1. The summed E-state index contributed by atoms with van der Waals surface area (Å²) >= 11 is 0. The Morgan fingerprint density at radius 3 is 2.76 bits per heavy atom. The molecule has 0 saturated heterocycles. The molecule has 90 valence electrons. The number of nitrogens with one attached hydrogen (secondary N) is 1. The van der Waals surface area contributed by atoms with Crippen LogP contribution in [0.15, 0.2) is 29.1 Å². The maximum Gasteiger partial charge on any atom is 0.280 e. The highest BCUT2D eigenvalue weighted by Crippen LogP contribution is 2.14. The molecule has 0 radical (unpaired) electrons. The Bertz CT molecular complexity index is 592. The lowest BCUT2D eigenvalue weighted by molar-refractivity contribution is 0.109. The minimum Gasteiger partial charge on any atom is -0.374 e. The summed E-state index contributed by atoms with van der Waals surface area (Å²) in [7, 11) is 3.27. The molecule has 0 aliphatic rings. The van der Waals surface area contributed by atoms with E-state index in [4.69, 9.17) is 4.74 Å². The quantitative estimate of drug-likeness (QED) is 0.867. The van der Waals surface area contributed by atoms with Crippen LogP contribution in [0, 0.1) is 0 Å². The third kappa shape index (κ3) is 1.89. The van der Waals surface area contributed by atoms with Crippen LogP contribution in [0.25, 0.3) is 10.9 Å². The minimum absolute atomic E-state index is 0.114. The van der Waals surface area contributed by atoms with Gasteiger partial charge in [-0.15, -0.1) is 0 Å². The first-order valence-corrected chi connectivity index (χ1v) is 5.41. The van der Waals surface area contributed by atoms with Gasteiger partial charge in [0.15, 0.2) is 5.82 Å². The van der Waals surface area contributed by atoms with E-state index < -0.39 is 0 Å². The van der Waals surface area contributed by atoms with E-state index in [-0.39, 0.29) is 11.7 Å². The van der Waals surface area contributed by atoms with Gasteiger partial charge in [0.1, 0.15) is 6.10 Å². The number of hydrogen-bond donors (Lipinski definition) is 1. The van der Waals surface area contributed by atoms with Crippen molar-refractivity contribution in [2.24, 2.45) is 0 Å². The number of nitrogens with zero attached hydrogens (tertiary/aromatic N) is 2. The van der Waals surface area contributed by atoms with Crippen molar-refractivity contribution in [1.29, 1.82) is 0 Å². The summed E-state index contributed by atoms with van der Waals surface area (Å²) in [4.78, 5) is 16.7. The molecule has 1 N–H and O–H groups in total. The van der Waals surface area contributed by atoms with Gasteiger partial charge < -0.3 is 10.2 Å². The number of methoxy groups -OCH3 is 1. The smallest absolute Gasteiger partial charge is 0.280 e. The van der Waals surface area contributed by atoms with Crippen molar-refractivity contribution in [3.8, 4) is 0 Å². The molecule has 0 aliphatic carbocycles. The molecule has 0 saturated carbocycles. The second kappa shape index (κ2) is 4.55. The fourth-order valence-corrected chi connectivity index (χ4v) is 1.74. The van der Waals surface area contributed by atoms with Crippen LogP contribution in [-0.2, 0) is 4.74 Å². The molecule has 5 nitrogen and oxygen atoms in total. The third-order valence-electron chi connectivity index (χ3n) is 2.74. The molecule has 5 heteroatoms. The van der Waals surface area contributed by atoms with E-state index in [0.29, 0.717) is 16.7 Å². The SMILES string of the molecule is CNn1c(C(C)OC)nc2ccccc2c1=O. The fraction of sp³-hybridized carbons (Fsp3) is 0.333. The van der Waals surface area contributed by atoms with Crippen LogP contribution in [0.2, 0.25) is 0 Å². The number of rotatable bonds is 3. The van der Waals surface area contributed by atoms with Gasteiger partial charge in [0, 0.05) is 14.2 Å². The number of fused-ring (bicyclic) bond motifs is 1. The standard InChI is InChI=1S/C12H15N3O2/c1-8(17-3)11-14-10-7-5-4-6-9(10)12(16)15(11)13-2/h4-8,13H,1-3H3. The van der Waals surface area contributed by atoms with Crippen molar-refractivity contribution in [2.75, 3.05) is 19.6 Å². The third-order valence-corrected chi connectivity index (χ3v) is 2.74. The Morgan fingerprint density at radius 1 is 1.41 bits per heavy atom. The Morgan fingerprint density at radius 2 is 2.12 bits per heavy atom. The summed E-state index contributed by atoms with van der Waals surface area (Å²) in [6.07, 6.45) is -0.250. The largest absolute Gasteiger partial charge is 0.374 e. The van der Waals surface area contributed by atoms with Crippen LogP contribution in [0.3, 0.4) is 0 Å². The molecule has 1 heterocycles. The molecule has 0 bridgehead atoms. The van der Waals surface area contributed by atoms with Crippen molar-refractivity contribution in [3.63, 3.8) is 0 Å². The molecule has 0 amide bonds. The Balaban J connectivity index is 2.80. The molecule has 0 spiro atoms. The van der Waals surface area contributed by atoms with E-state index in [1.807, 2.05) is 25.1 Å². The van der Waals surface area contributed by atoms with Gasteiger partial charge in [0.25, 0.3) is 5.56 Å². The predicted octanol–water partition coefficient (Wildman–Crippen LogP) is 1.28. The molecule has 1 atom stereocenters. The van der Waals surface area contributed by atoms with E-state index in [2.05, 4.69) is 10.4 Å². The summed E-state index contributed by atoms with van der Waals surface area (Å²) in [5.74, 6) is 0.568. The van der Waals surface area contributed by atoms with Crippen molar-refractivity contribution in [3.05, 3.63) is 40.4 Å². The zero-order chi connectivity index (χ0) is 12.4. The molecule has 0 aliphatic heterocycles. The summed E-state index contributed by atoms with van der Waals surface area (Å²) in [6.45, 7) is 1.85. The highest BCUT2D eigenvalue weighted by atomic mass is 16.5. The van der Waals surface area contributed by atoms with Crippen molar-refractivity contribution >= 4 is 10.9 Å². The van der Waals surface area contributed by atoms with E-state index >= 15 is 0 Å². The number of aromatic nitrogens is 2. The Kier molecular flexibility index (Phi) is 3.10. The van der Waals surface area contributed by atoms with Crippen molar-refractivity contribution in [1.82, 2.24) is 9.66 Å². The molecule has 17 heavy (non-hydrogen) atoms. The number of benzene rings is 1. The van der Waals surface area contributed by atoms with Crippen molar-refractivity contribution < 1.29 is 4.74 Å². The average Bonchev–Trinajstić information content (AvgIpc) is 2.37. The normalized spacial score (nSPS) is 12.6. The van der Waals surface area contributed by atoms with E-state index in [1.165, 1.54) is 4.68 Å². The maximum absolute atomic E-state index is 12.2. The molecule has 2 rings (SSSR count). The van der Waals surface area contributed by atoms with Gasteiger partial charge in [0.2, 0.25) is 0 Å². The van der Waals surface area contributed by atoms with Crippen LogP contribution in [0.1, 0.15) is 18.9 Å². The number of ether oxygens (including phenoxy) is 1. The number of para-hydroxylation sites is 1. The van der Waals surface area contributed by atoms with E-state index in [9.17, 15) is 4.79 Å². The molecular formula is C12H15N3O2. The molecular weight excluding hydrogens is 218 g/mol. The summed E-state index contributed by atoms with van der Waals surface area (Å²) in [6, 6.07) is 7.27. The summed E-state index contributed by atoms with van der Waals surface area (Å²) in [5, 5.41) is 0.592. The first kappa shape index (κ1) is 11.6. The molecule has 0 fully saturated rings. The van der Waals surface area contributed by atoms with Gasteiger partial charge in [-0.2, -0.15) is 0 Å². The van der Waals surface area contributed by atoms with Crippen LogP contribution in [-0.4, -0.2) is 23.8 Å². The Labute approximate surface area is 99.0 Å². The van der Waals surface area contributed by atoms with Gasteiger partial charge in [-0.1, -0.05) is 12.1 Å². The first-order chi connectivity index (χ1) is 8.19. The zero-order valence-electron chi connectivity index (χ0n) is 10.1. The second-order valence-corrected chi connectivity index (χ2v) is 3.73. The molecule has 1 aromatic carbocycles. The molecule has 2 aromatic rings. The lowest BCUT2D eigenvalue weighted by atomic mass is 10.2. The van der Waals surface area contributed by atoms with Crippen LogP contribution >= 0.6 is 0 Å². The average molecular weight is 233 g/mol. The fourth-order valence-electron chi connectivity index (χ4n) is 1.74. The maximum atomic E-state index is 12.2. The van der Waals surface area contributed by atoms with Crippen molar-refractivity contribution in [2.45, 2.75) is 13.0 Å². The van der Waals surface area contributed by atoms with Gasteiger partial charge in [0.05, 0.1) is 10.9 Å².